The van der Waals surface area contributed by atoms with Crippen LogP contribution in [0.5, 0.6) is 0 Å². The molecule has 1 rings (SSSR count). The molecule has 1 aliphatic rings. The average molecular weight is 358 g/mol. The van der Waals surface area contributed by atoms with Gasteiger partial charge < -0.3 is 4.90 Å². The van der Waals surface area contributed by atoms with Gasteiger partial charge in [-0.15, -0.1) is 0 Å². The van der Waals surface area contributed by atoms with Crippen LogP contribution >= 0.6 is 15.9 Å². The minimum Gasteiger partial charge on any atom is -0.346 e. The summed E-state index contributed by atoms with van der Waals surface area (Å²) in [6.07, 6.45) is -0.0814. The highest BCUT2D eigenvalue weighted by molar-refractivity contribution is 9.09. The molecular weight excluding hydrogens is 335 g/mol. The Hall–Kier alpha value is -0.260. The number of alkyl halides is 4. The summed E-state index contributed by atoms with van der Waals surface area (Å²) in [5.74, 6) is -1.41. The van der Waals surface area contributed by atoms with Gasteiger partial charge in [0.25, 0.3) is 0 Å². The van der Waals surface area contributed by atoms with E-state index < -0.39 is 12.1 Å². The maximum absolute atomic E-state index is 12.6. The fraction of sp³-hybridized carbons (Fsp3) is 0.929. The number of carbonyl (C=O) groups is 1. The average Bonchev–Trinajstić information content (AvgIpc) is 2.41. The van der Waals surface area contributed by atoms with Gasteiger partial charge >= 0.3 is 6.18 Å². The summed E-state index contributed by atoms with van der Waals surface area (Å²) >= 11 is 3.36. The SMILES string of the molecule is CN(CCCCCBr)C(=O)C1CCC(C(F)(F)F)CC1. The standard InChI is InChI=1S/C14H23BrF3NO/c1-19(10-4-2-3-9-15)13(20)11-5-7-12(8-6-11)14(16,17)18/h11-12H,2-10H2,1H3. The van der Waals surface area contributed by atoms with Gasteiger partial charge in [0, 0.05) is 24.8 Å². The molecular formula is C14H23BrF3NO. The van der Waals surface area contributed by atoms with Gasteiger partial charge in [0.2, 0.25) is 5.91 Å². The molecule has 118 valence electrons. The van der Waals surface area contributed by atoms with E-state index in [-0.39, 0.29) is 24.7 Å². The summed E-state index contributed by atoms with van der Waals surface area (Å²) in [5.41, 5.74) is 0. The normalized spacial score (nSPS) is 23.6. The third-order valence-electron chi connectivity index (χ3n) is 4.04. The van der Waals surface area contributed by atoms with Crippen molar-refractivity contribution in [1.82, 2.24) is 4.90 Å². The van der Waals surface area contributed by atoms with Crippen molar-refractivity contribution in [2.45, 2.75) is 51.1 Å². The first-order chi connectivity index (χ1) is 9.36. The van der Waals surface area contributed by atoms with Crippen molar-refractivity contribution in [3.8, 4) is 0 Å². The number of amides is 1. The molecule has 0 atom stereocenters. The molecule has 1 fully saturated rings. The quantitative estimate of drug-likeness (QED) is 0.510. The van der Waals surface area contributed by atoms with Crippen molar-refractivity contribution in [2.75, 3.05) is 18.9 Å². The van der Waals surface area contributed by atoms with E-state index in [9.17, 15) is 18.0 Å². The van der Waals surface area contributed by atoms with Crippen LogP contribution in [0.25, 0.3) is 0 Å². The monoisotopic (exact) mass is 357 g/mol. The lowest BCUT2D eigenvalue weighted by Crippen LogP contribution is -2.37. The summed E-state index contributed by atoms with van der Waals surface area (Å²) in [4.78, 5) is 13.8. The molecule has 20 heavy (non-hydrogen) atoms. The van der Waals surface area contributed by atoms with Crippen LogP contribution in [0.2, 0.25) is 0 Å². The van der Waals surface area contributed by atoms with E-state index in [4.69, 9.17) is 0 Å². The largest absolute Gasteiger partial charge is 0.391 e. The van der Waals surface area contributed by atoms with Crippen molar-refractivity contribution < 1.29 is 18.0 Å². The number of unbranched alkanes of at least 4 members (excludes halogenated alkanes) is 2. The molecule has 2 nitrogen and oxygen atoms in total. The third-order valence-corrected chi connectivity index (χ3v) is 4.60. The topological polar surface area (TPSA) is 20.3 Å². The lowest BCUT2D eigenvalue weighted by molar-refractivity contribution is -0.185. The summed E-state index contributed by atoms with van der Waals surface area (Å²) in [6.45, 7) is 0.699. The van der Waals surface area contributed by atoms with E-state index >= 15 is 0 Å². The second kappa shape index (κ2) is 8.25. The van der Waals surface area contributed by atoms with E-state index in [2.05, 4.69) is 15.9 Å². The zero-order valence-corrected chi connectivity index (χ0v) is 13.5. The van der Waals surface area contributed by atoms with Crippen LogP contribution in [0.4, 0.5) is 13.2 Å². The summed E-state index contributed by atoms with van der Waals surface area (Å²) in [7, 11) is 1.76. The summed E-state index contributed by atoms with van der Waals surface area (Å²) < 4.78 is 37.7. The number of hydrogen-bond acceptors (Lipinski definition) is 1. The van der Waals surface area contributed by atoms with Crippen LogP contribution in [0.1, 0.15) is 44.9 Å². The number of nitrogens with zero attached hydrogens (tertiary/aromatic N) is 1. The first-order valence-corrected chi connectivity index (χ1v) is 8.36. The molecule has 6 heteroatoms. The van der Waals surface area contributed by atoms with Gasteiger partial charge in [-0.2, -0.15) is 13.2 Å². The number of halogens is 4. The van der Waals surface area contributed by atoms with Gasteiger partial charge in [0.15, 0.2) is 0 Å². The summed E-state index contributed by atoms with van der Waals surface area (Å²) in [6, 6.07) is 0. The fourth-order valence-corrected chi connectivity index (χ4v) is 3.11. The van der Waals surface area contributed by atoms with E-state index in [1.807, 2.05) is 0 Å². The third kappa shape index (κ3) is 5.62. The second-order valence-corrected chi connectivity index (χ2v) is 6.39. The minimum absolute atomic E-state index is 0.0180. The maximum atomic E-state index is 12.6. The molecule has 0 aromatic rings. The number of hydrogen-bond donors (Lipinski definition) is 0. The zero-order chi connectivity index (χ0) is 15.2. The molecule has 0 N–H and O–H groups in total. The highest BCUT2D eigenvalue weighted by Gasteiger charge is 2.42. The number of carbonyl (C=O) groups excluding carboxylic acids is 1. The molecule has 1 saturated carbocycles. The molecule has 0 aromatic heterocycles. The van der Waals surface area contributed by atoms with Crippen molar-refractivity contribution in [3.05, 3.63) is 0 Å². The lowest BCUT2D eigenvalue weighted by Gasteiger charge is -2.31. The van der Waals surface area contributed by atoms with Crippen LogP contribution in [-0.4, -0.2) is 35.9 Å². The Labute approximate surface area is 127 Å². The van der Waals surface area contributed by atoms with E-state index in [1.54, 1.807) is 11.9 Å². The molecule has 0 aromatic carbocycles. The molecule has 0 radical (unpaired) electrons. The Balaban J connectivity index is 2.31. The van der Waals surface area contributed by atoms with Crippen LogP contribution < -0.4 is 0 Å². The zero-order valence-electron chi connectivity index (χ0n) is 11.9. The van der Waals surface area contributed by atoms with Gasteiger partial charge in [-0.1, -0.05) is 22.4 Å². The van der Waals surface area contributed by atoms with Crippen LogP contribution in [0, 0.1) is 11.8 Å². The first kappa shape index (κ1) is 17.8. The molecule has 0 unspecified atom stereocenters. The molecule has 0 bridgehead atoms. The predicted octanol–water partition coefficient (Wildman–Crippen LogP) is 4.38. The van der Waals surface area contributed by atoms with Crippen molar-refractivity contribution in [3.63, 3.8) is 0 Å². The lowest BCUT2D eigenvalue weighted by atomic mass is 9.81. The highest BCUT2D eigenvalue weighted by Crippen LogP contribution is 2.39. The fourth-order valence-electron chi connectivity index (χ4n) is 2.71. The number of rotatable bonds is 6. The van der Waals surface area contributed by atoms with Gasteiger partial charge in [-0.3, -0.25) is 4.79 Å². The van der Waals surface area contributed by atoms with Gasteiger partial charge in [0.05, 0.1) is 5.92 Å². The van der Waals surface area contributed by atoms with Crippen LogP contribution in [0.15, 0.2) is 0 Å². The van der Waals surface area contributed by atoms with Crippen molar-refractivity contribution in [2.24, 2.45) is 11.8 Å². The predicted molar refractivity (Wildman–Crippen MR) is 76.8 cm³/mol. The minimum atomic E-state index is -4.10. The Morgan fingerprint density at radius 1 is 1.15 bits per heavy atom. The van der Waals surface area contributed by atoms with E-state index in [0.29, 0.717) is 19.4 Å². The molecule has 0 heterocycles. The van der Waals surface area contributed by atoms with Gasteiger partial charge in [-0.05, 0) is 38.5 Å². The highest BCUT2D eigenvalue weighted by atomic mass is 79.9. The Bertz CT molecular complexity index is 301. The Kier molecular flexibility index (Phi) is 7.34. The maximum Gasteiger partial charge on any atom is 0.391 e. The second-order valence-electron chi connectivity index (χ2n) is 5.60. The molecule has 0 spiro atoms. The molecule has 0 saturated heterocycles. The smallest absolute Gasteiger partial charge is 0.346 e. The van der Waals surface area contributed by atoms with Crippen LogP contribution in [-0.2, 0) is 4.79 Å². The summed E-state index contributed by atoms with van der Waals surface area (Å²) in [5, 5.41) is 0.964. The van der Waals surface area contributed by atoms with Crippen LogP contribution in [0.3, 0.4) is 0 Å². The van der Waals surface area contributed by atoms with Gasteiger partial charge in [-0.25, -0.2) is 0 Å². The Morgan fingerprint density at radius 3 is 2.25 bits per heavy atom. The van der Waals surface area contributed by atoms with E-state index in [0.717, 1.165) is 24.6 Å². The van der Waals surface area contributed by atoms with Crippen molar-refractivity contribution in [1.29, 1.82) is 0 Å². The Morgan fingerprint density at radius 2 is 1.75 bits per heavy atom. The molecule has 1 amide bonds. The van der Waals surface area contributed by atoms with Gasteiger partial charge in [0.1, 0.15) is 0 Å². The molecule has 1 aliphatic carbocycles. The van der Waals surface area contributed by atoms with Crippen molar-refractivity contribution >= 4 is 21.8 Å². The first-order valence-electron chi connectivity index (χ1n) is 7.24. The van der Waals surface area contributed by atoms with E-state index in [1.165, 1.54) is 0 Å². The molecule has 0 aliphatic heterocycles.